The summed E-state index contributed by atoms with van der Waals surface area (Å²) >= 11 is 15.5. The highest BCUT2D eigenvalue weighted by molar-refractivity contribution is 7.30. The molecule has 0 saturated carbocycles. The quantitative estimate of drug-likeness (QED) is 0.0317. The Kier molecular flexibility index (Phi) is 21.1. The van der Waals surface area contributed by atoms with Crippen molar-refractivity contribution in [3.63, 3.8) is 0 Å². The maximum atomic E-state index is 4.72. The molecule has 10 rings (SSSR count). The Morgan fingerprint density at radius 1 is 0.269 bits per heavy atom. The van der Waals surface area contributed by atoms with E-state index in [0.717, 1.165) is 24.2 Å². The monoisotopic (exact) mass is 1170 g/mol. The first-order valence-corrected chi connectivity index (χ1v) is 35.6. The predicted octanol–water partition coefficient (Wildman–Crippen LogP) is 26.4. The van der Waals surface area contributed by atoms with E-state index in [2.05, 4.69) is 160 Å². The number of rotatable bonds is 30. The lowest BCUT2D eigenvalue weighted by Gasteiger charge is -2.02. The minimum atomic E-state index is 0.863. The van der Waals surface area contributed by atoms with Gasteiger partial charge in [0.2, 0.25) is 0 Å². The molecule has 0 atom stereocenters. The Hall–Kier alpha value is -4.36. The van der Waals surface area contributed by atoms with Gasteiger partial charge in [-0.3, -0.25) is 0 Å². The van der Waals surface area contributed by atoms with Gasteiger partial charge in [0.05, 0.1) is 11.4 Å². The Bertz CT molecular complexity index is 3200. The van der Waals surface area contributed by atoms with Crippen molar-refractivity contribution in [2.45, 2.75) is 156 Å². The molecule has 0 aliphatic heterocycles. The van der Waals surface area contributed by atoms with Crippen LogP contribution in [0.3, 0.4) is 0 Å². The van der Waals surface area contributed by atoms with E-state index in [9.17, 15) is 0 Å². The van der Waals surface area contributed by atoms with Crippen LogP contribution >= 0.6 is 90.7 Å². The van der Waals surface area contributed by atoms with E-state index in [-0.39, 0.29) is 0 Å². The molecule has 0 unspecified atom stereocenters. The highest BCUT2D eigenvalue weighted by Gasteiger charge is 2.20. The van der Waals surface area contributed by atoms with Crippen LogP contribution in [-0.4, -0.2) is 0 Å². The smallest absolute Gasteiger partial charge is 0.0857 e. The zero-order valence-corrected chi connectivity index (χ0v) is 52.5. The van der Waals surface area contributed by atoms with Gasteiger partial charge in [-0.2, -0.15) is 10.2 Å². The van der Waals surface area contributed by atoms with Crippen LogP contribution in [0.2, 0.25) is 0 Å². The maximum Gasteiger partial charge on any atom is 0.0857 e. The molecule has 10 aromatic rings. The minimum Gasteiger partial charge on any atom is -0.151 e. The van der Waals surface area contributed by atoms with E-state index in [1.54, 1.807) is 0 Å². The first kappa shape index (κ1) is 56.9. The predicted molar refractivity (Wildman–Crippen MR) is 355 cm³/mol. The zero-order valence-electron chi connectivity index (χ0n) is 46.0. The number of azo groups is 1. The molecule has 404 valence electrons. The number of unbranched alkanes of at least 4 members (excludes halogenated alkanes) is 12. The average molecular weight is 1180 g/mol. The molecule has 0 saturated heterocycles. The van der Waals surface area contributed by atoms with E-state index in [1.165, 1.54) is 217 Å². The summed E-state index contributed by atoms with van der Waals surface area (Å²) in [5.41, 5.74) is 10.2. The van der Waals surface area contributed by atoms with Crippen molar-refractivity contribution >= 4 is 102 Å². The topological polar surface area (TPSA) is 24.7 Å². The second-order valence-electron chi connectivity index (χ2n) is 20.7. The van der Waals surface area contributed by atoms with Gasteiger partial charge < -0.3 is 0 Å². The summed E-state index contributed by atoms with van der Waals surface area (Å²) < 4.78 is 0. The summed E-state index contributed by atoms with van der Waals surface area (Å²) in [6, 6.07) is 45.8. The van der Waals surface area contributed by atoms with Gasteiger partial charge in [0.15, 0.2) is 0 Å². The number of nitrogens with zero attached hydrogens (tertiary/aromatic N) is 2. The van der Waals surface area contributed by atoms with E-state index < -0.39 is 0 Å². The maximum absolute atomic E-state index is 4.72. The first-order chi connectivity index (χ1) is 38.5. The highest BCUT2D eigenvalue weighted by atomic mass is 32.1. The van der Waals surface area contributed by atoms with Gasteiger partial charge in [0, 0.05) is 68.3 Å². The first-order valence-electron chi connectivity index (χ1n) is 28.9. The molecule has 0 spiro atoms. The van der Waals surface area contributed by atoms with E-state index >= 15 is 0 Å². The zero-order chi connectivity index (χ0) is 53.5. The van der Waals surface area contributed by atoms with Gasteiger partial charge in [-0.25, -0.2) is 0 Å². The largest absolute Gasteiger partial charge is 0.151 e. The van der Waals surface area contributed by atoms with Crippen LogP contribution in [0.5, 0.6) is 0 Å². The molecule has 0 bridgehead atoms. The van der Waals surface area contributed by atoms with E-state index in [4.69, 9.17) is 10.2 Å². The van der Waals surface area contributed by atoms with Gasteiger partial charge in [-0.05, 0) is 193 Å². The van der Waals surface area contributed by atoms with Crippen LogP contribution in [-0.2, 0) is 25.7 Å². The summed E-state index contributed by atoms with van der Waals surface area (Å²) in [5, 5.41) is 14.0. The summed E-state index contributed by atoms with van der Waals surface area (Å²) in [5.74, 6) is 0. The molecule has 78 heavy (non-hydrogen) atoms. The highest BCUT2D eigenvalue weighted by Crippen LogP contribution is 2.49. The molecule has 8 aromatic heterocycles. The number of aryl methyl sites for hydroxylation is 4. The number of hydrogen-bond acceptors (Lipinski definition) is 10. The van der Waals surface area contributed by atoms with Crippen molar-refractivity contribution in [3.8, 4) is 79.4 Å². The van der Waals surface area contributed by atoms with Crippen molar-refractivity contribution in [2.75, 3.05) is 0 Å². The van der Waals surface area contributed by atoms with E-state index in [0.29, 0.717) is 0 Å². The van der Waals surface area contributed by atoms with Gasteiger partial charge >= 0.3 is 0 Å². The molecule has 2 aromatic carbocycles. The molecule has 0 radical (unpaired) electrons. The van der Waals surface area contributed by atoms with Crippen molar-refractivity contribution in [1.82, 2.24) is 0 Å². The Balaban J connectivity index is 0.810. The van der Waals surface area contributed by atoms with Gasteiger partial charge in [-0.15, -0.1) is 90.7 Å². The minimum absolute atomic E-state index is 0.863. The number of hydrogen-bond donors (Lipinski definition) is 0. The standard InChI is InChI=1S/C68H74N2S8/c1-5-9-13-17-21-49-41-43-71-65(49)59-37-33-55(73-59)57-35-39-61(75-57)67-51(23-19-15-11-7-3)45-63(77-67)47-25-29-53(30-26-47)69-70-54-31-27-48(28-32-54)64-46-52(24-20-16-12-8-4)68(78-64)62-40-36-58(76-62)56-34-38-60(74-56)66-50(42-44-72-66)22-18-14-10-6-2/h25-46H,5-24H2,1-4H3. The third-order valence-electron chi connectivity index (χ3n) is 14.7. The average Bonchev–Trinajstić information content (AvgIpc) is 4.33. The fourth-order valence-electron chi connectivity index (χ4n) is 10.3. The molecule has 0 N–H and O–H groups in total. The Labute approximate surface area is 497 Å². The SMILES string of the molecule is CCCCCCc1ccsc1-c1ccc(-c2ccc(-c3sc(-c4ccc(N=Nc5ccc(-c6cc(CCCCCC)c(-c7ccc(-c8ccc(-c9sccc9CCCCCC)s8)s7)s6)cc5)cc4)cc3CCCCCC)s2)s1. The Morgan fingerprint density at radius 2 is 0.577 bits per heavy atom. The van der Waals surface area contributed by atoms with Crippen LogP contribution in [0.15, 0.2) is 142 Å². The van der Waals surface area contributed by atoms with Crippen LogP contribution in [0.25, 0.3) is 79.4 Å². The molecule has 0 aliphatic rings. The summed E-state index contributed by atoms with van der Waals surface area (Å²) in [6.45, 7) is 9.18. The van der Waals surface area contributed by atoms with Crippen LogP contribution in [0.1, 0.15) is 153 Å². The summed E-state index contributed by atoms with van der Waals surface area (Å²) in [7, 11) is 0. The summed E-state index contributed by atoms with van der Waals surface area (Å²) in [4.78, 5) is 19.5. The van der Waals surface area contributed by atoms with Crippen molar-refractivity contribution < 1.29 is 0 Å². The van der Waals surface area contributed by atoms with Crippen molar-refractivity contribution in [1.29, 1.82) is 0 Å². The molecule has 0 amide bonds. The third-order valence-corrected chi connectivity index (χ3v) is 24.5. The second kappa shape index (κ2) is 28.9. The van der Waals surface area contributed by atoms with Gasteiger partial charge in [-0.1, -0.05) is 129 Å². The van der Waals surface area contributed by atoms with Crippen LogP contribution in [0.4, 0.5) is 11.4 Å². The molecular formula is C68H74N2S8. The Morgan fingerprint density at radius 3 is 0.910 bits per heavy atom. The third kappa shape index (κ3) is 14.6. The van der Waals surface area contributed by atoms with Gasteiger partial charge in [0.25, 0.3) is 0 Å². The lowest BCUT2D eigenvalue weighted by Crippen LogP contribution is -1.85. The molecule has 8 heterocycles. The molecule has 2 nitrogen and oxygen atoms in total. The fourth-order valence-corrected chi connectivity index (χ4v) is 19.4. The lowest BCUT2D eigenvalue weighted by molar-refractivity contribution is 0.668. The van der Waals surface area contributed by atoms with Crippen molar-refractivity contribution in [3.05, 3.63) is 154 Å². The number of thiophene rings is 8. The van der Waals surface area contributed by atoms with Crippen LogP contribution < -0.4 is 0 Å². The van der Waals surface area contributed by atoms with Crippen LogP contribution in [0, 0.1) is 0 Å². The molecular weight excluding hydrogens is 1100 g/mol. The molecule has 0 fully saturated rings. The van der Waals surface area contributed by atoms with Crippen molar-refractivity contribution in [2.24, 2.45) is 10.2 Å². The normalized spacial score (nSPS) is 11.8. The number of benzene rings is 2. The lowest BCUT2D eigenvalue weighted by atomic mass is 10.0. The van der Waals surface area contributed by atoms with E-state index in [1.807, 2.05) is 90.7 Å². The summed E-state index contributed by atoms with van der Waals surface area (Å²) in [6.07, 6.45) is 25.1. The molecule has 10 heteroatoms. The molecule has 0 aliphatic carbocycles. The van der Waals surface area contributed by atoms with Gasteiger partial charge in [0.1, 0.15) is 0 Å². The second-order valence-corrected chi connectivity index (χ2v) is 28.9. The fraction of sp³-hybridized carbons (Fsp3) is 0.353.